The Morgan fingerprint density at radius 2 is 1.65 bits per heavy atom. The molecule has 1 aromatic heterocycles. The van der Waals surface area contributed by atoms with Crippen molar-refractivity contribution < 1.29 is 18.7 Å². The predicted molar refractivity (Wildman–Crippen MR) is 92.8 cm³/mol. The van der Waals surface area contributed by atoms with Crippen molar-refractivity contribution in [1.29, 1.82) is 0 Å². The highest BCUT2D eigenvalue weighted by Crippen LogP contribution is 2.28. The highest BCUT2D eigenvalue weighted by molar-refractivity contribution is 5.35. The van der Waals surface area contributed by atoms with Gasteiger partial charge in [-0.15, -0.1) is 0 Å². The van der Waals surface area contributed by atoms with Crippen LogP contribution in [0.3, 0.4) is 0 Å². The highest BCUT2D eigenvalue weighted by atomic mass is 19.1. The molecule has 3 aromatic rings. The normalized spacial score (nSPS) is 15.9. The van der Waals surface area contributed by atoms with E-state index in [1.54, 1.807) is 6.08 Å². The number of para-hydroxylation sites is 1. The molecule has 6 heteroatoms. The molecule has 0 unspecified atom stereocenters. The average Bonchev–Trinajstić information content (AvgIpc) is 3.12. The first-order chi connectivity index (χ1) is 12.8. The maximum atomic E-state index is 13.2. The zero-order valence-electron chi connectivity index (χ0n) is 13.6. The van der Waals surface area contributed by atoms with Crippen molar-refractivity contribution in [2.75, 3.05) is 0 Å². The second kappa shape index (κ2) is 7.25. The van der Waals surface area contributed by atoms with Crippen molar-refractivity contribution in [2.45, 2.75) is 6.10 Å². The first-order valence-electron chi connectivity index (χ1n) is 8.01. The summed E-state index contributed by atoms with van der Waals surface area (Å²) in [7, 11) is 0. The lowest BCUT2D eigenvalue weighted by molar-refractivity contribution is 0.0272. The van der Waals surface area contributed by atoms with Gasteiger partial charge in [0, 0.05) is 12.1 Å². The van der Waals surface area contributed by atoms with E-state index in [0.29, 0.717) is 11.6 Å². The minimum Gasteiger partial charge on any atom is -0.457 e. The van der Waals surface area contributed by atoms with Crippen LogP contribution in [0.4, 0.5) is 4.39 Å². The van der Waals surface area contributed by atoms with Crippen LogP contribution in [-0.4, -0.2) is 4.98 Å². The molecule has 4 rings (SSSR count). The van der Waals surface area contributed by atoms with E-state index in [4.69, 9.17) is 14.3 Å². The van der Waals surface area contributed by atoms with Crippen molar-refractivity contribution in [2.24, 2.45) is 0 Å². The number of halogens is 1. The van der Waals surface area contributed by atoms with Crippen LogP contribution >= 0.6 is 0 Å². The number of aromatic nitrogens is 1. The Labute approximate surface area is 149 Å². The lowest BCUT2D eigenvalue weighted by atomic mass is 10.1. The third kappa shape index (κ3) is 3.81. The Balaban J connectivity index is 1.42. The van der Waals surface area contributed by atoms with Gasteiger partial charge in [0.25, 0.3) is 0 Å². The smallest absolute Gasteiger partial charge is 0.216 e. The summed E-state index contributed by atoms with van der Waals surface area (Å²) in [6.07, 6.45) is 3.98. The zero-order chi connectivity index (χ0) is 17.8. The van der Waals surface area contributed by atoms with Gasteiger partial charge in [-0.05, 0) is 29.8 Å². The molecule has 1 aliphatic rings. The molecule has 130 valence electrons. The van der Waals surface area contributed by atoms with Crippen molar-refractivity contribution in [1.82, 2.24) is 10.5 Å². The van der Waals surface area contributed by atoms with Crippen molar-refractivity contribution in [3.63, 3.8) is 0 Å². The summed E-state index contributed by atoms with van der Waals surface area (Å²) in [6, 6.07) is 18.4. The van der Waals surface area contributed by atoms with Crippen LogP contribution in [0.5, 0.6) is 17.2 Å². The van der Waals surface area contributed by atoms with Gasteiger partial charge in [-0.3, -0.25) is 9.82 Å². The third-order valence-corrected chi connectivity index (χ3v) is 3.68. The van der Waals surface area contributed by atoms with Crippen LogP contribution in [-0.2, 0) is 4.84 Å². The number of ether oxygens (including phenoxy) is 2. The summed E-state index contributed by atoms with van der Waals surface area (Å²) < 4.78 is 24.4. The number of nitrogens with zero attached hydrogens (tertiary/aromatic N) is 1. The Morgan fingerprint density at radius 1 is 0.885 bits per heavy atom. The molecule has 26 heavy (non-hydrogen) atoms. The third-order valence-electron chi connectivity index (χ3n) is 3.68. The van der Waals surface area contributed by atoms with Gasteiger partial charge < -0.3 is 9.47 Å². The second-order valence-electron chi connectivity index (χ2n) is 5.60. The molecule has 0 spiro atoms. The van der Waals surface area contributed by atoms with Gasteiger partial charge in [-0.2, -0.15) is 0 Å². The van der Waals surface area contributed by atoms with Gasteiger partial charge in [0.1, 0.15) is 23.4 Å². The summed E-state index contributed by atoms with van der Waals surface area (Å²) in [5.74, 6) is 1.72. The van der Waals surface area contributed by atoms with Crippen LogP contribution < -0.4 is 15.0 Å². The summed E-state index contributed by atoms with van der Waals surface area (Å²) >= 11 is 0. The first kappa shape index (κ1) is 16.1. The second-order valence-corrected chi connectivity index (χ2v) is 5.60. The number of hydrogen-bond donors (Lipinski definition) is 1. The standard InChI is InChI=1S/C20H15FN2O3/c21-15-10-18(13-22-12-15)25-20-11-19(26-23-20)14-6-8-17(9-7-14)24-16-4-2-1-3-5-16/h1-13,19,23H/t19-/m0/s1. The van der Waals surface area contributed by atoms with E-state index in [1.807, 2.05) is 54.6 Å². The summed E-state index contributed by atoms with van der Waals surface area (Å²) in [5, 5.41) is 0. The van der Waals surface area contributed by atoms with Crippen LogP contribution in [0.15, 0.2) is 85.0 Å². The van der Waals surface area contributed by atoms with Crippen LogP contribution in [0, 0.1) is 5.82 Å². The zero-order valence-corrected chi connectivity index (χ0v) is 13.6. The molecule has 0 saturated heterocycles. The summed E-state index contributed by atoms with van der Waals surface area (Å²) in [6.45, 7) is 0. The van der Waals surface area contributed by atoms with E-state index >= 15 is 0 Å². The molecule has 1 atom stereocenters. The molecule has 2 heterocycles. The highest BCUT2D eigenvalue weighted by Gasteiger charge is 2.20. The van der Waals surface area contributed by atoms with Gasteiger partial charge in [0.05, 0.1) is 12.4 Å². The molecule has 2 aromatic carbocycles. The maximum absolute atomic E-state index is 13.2. The number of nitrogens with one attached hydrogen (secondary N) is 1. The van der Waals surface area contributed by atoms with E-state index in [0.717, 1.165) is 23.3 Å². The minimum atomic E-state index is -0.465. The maximum Gasteiger partial charge on any atom is 0.216 e. The lowest BCUT2D eigenvalue weighted by Crippen LogP contribution is -2.12. The largest absolute Gasteiger partial charge is 0.457 e. The van der Waals surface area contributed by atoms with E-state index in [1.165, 1.54) is 12.3 Å². The summed E-state index contributed by atoms with van der Waals surface area (Å²) in [4.78, 5) is 9.23. The molecule has 1 aliphatic heterocycles. The van der Waals surface area contributed by atoms with Crippen molar-refractivity contribution in [3.8, 4) is 17.2 Å². The topological polar surface area (TPSA) is 52.6 Å². The SMILES string of the molecule is Fc1cncc(OC2=C[C@@H](c3ccc(Oc4ccccc4)cc3)ON2)c1. The van der Waals surface area contributed by atoms with Gasteiger partial charge in [0.2, 0.25) is 5.88 Å². The van der Waals surface area contributed by atoms with Crippen molar-refractivity contribution >= 4 is 0 Å². The monoisotopic (exact) mass is 350 g/mol. The molecule has 0 saturated carbocycles. The molecule has 5 nitrogen and oxygen atoms in total. The van der Waals surface area contributed by atoms with Gasteiger partial charge in [0.15, 0.2) is 5.75 Å². The van der Waals surface area contributed by atoms with Gasteiger partial charge >= 0.3 is 0 Å². The summed E-state index contributed by atoms with van der Waals surface area (Å²) in [5.41, 5.74) is 3.61. The van der Waals surface area contributed by atoms with Crippen LogP contribution in [0.25, 0.3) is 0 Å². The number of hydroxylamine groups is 1. The molecule has 0 fully saturated rings. The Kier molecular flexibility index (Phi) is 4.49. The molecule has 0 aliphatic carbocycles. The fraction of sp³-hybridized carbons (Fsp3) is 0.0500. The predicted octanol–water partition coefficient (Wildman–Crippen LogP) is 4.51. The molecule has 0 amide bonds. The van der Waals surface area contributed by atoms with E-state index in [2.05, 4.69) is 10.5 Å². The number of hydrogen-bond acceptors (Lipinski definition) is 5. The number of rotatable bonds is 5. The van der Waals surface area contributed by atoms with Gasteiger partial charge in [-0.1, -0.05) is 30.3 Å². The Morgan fingerprint density at radius 3 is 2.42 bits per heavy atom. The number of pyridine rings is 1. The molecular weight excluding hydrogens is 335 g/mol. The quantitative estimate of drug-likeness (QED) is 0.734. The molecular formula is C20H15FN2O3. The van der Waals surface area contributed by atoms with Crippen LogP contribution in [0.1, 0.15) is 11.7 Å². The minimum absolute atomic E-state index is 0.291. The molecule has 0 radical (unpaired) electrons. The Hall–Kier alpha value is -3.38. The first-order valence-corrected chi connectivity index (χ1v) is 8.01. The number of benzene rings is 2. The molecule has 0 bridgehead atoms. The van der Waals surface area contributed by atoms with Crippen LogP contribution in [0.2, 0.25) is 0 Å². The van der Waals surface area contributed by atoms with E-state index in [-0.39, 0.29) is 6.10 Å². The fourth-order valence-corrected chi connectivity index (χ4v) is 2.47. The lowest BCUT2D eigenvalue weighted by Gasteiger charge is -2.09. The average molecular weight is 350 g/mol. The van der Waals surface area contributed by atoms with Crippen molar-refractivity contribution in [3.05, 3.63) is 96.4 Å². The fourth-order valence-electron chi connectivity index (χ4n) is 2.47. The van der Waals surface area contributed by atoms with Gasteiger partial charge in [-0.25, -0.2) is 9.87 Å². The van der Waals surface area contributed by atoms with E-state index in [9.17, 15) is 4.39 Å². The Bertz CT molecular complexity index is 914. The molecule has 1 N–H and O–H groups in total. The van der Waals surface area contributed by atoms with E-state index < -0.39 is 5.82 Å².